The van der Waals surface area contributed by atoms with Crippen molar-refractivity contribution in [2.24, 2.45) is 0 Å². The van der Waals surface area contributed by atoms with Gasteiger partial charge >= 0.3 is 0 Å². The molecule has 1 aromatic rings. The van der Waals surface area contributed by atoms with Gasteiger partial charge in [0.05, 0.1) is 6.61 Å². The second kappa shape index (κ2) is 6.88. The van der Waals surface area contributed by atoms with Gasteiger partial charge in [-0.2, -0.15) is 0 Å². The summed E-state index contributed by atoms with van der Waals surface area (Å²) < 4.78 is 0. The molecule has 0 spiro atoms. The molecule has 1 heterocycles. The van der Waals surface area contributed by atoms with Gasteiger partial charge < -0.3 is 15.3 Å². The smallest absolute Gasteiger partial charge is 0.137 e. The lowest BCUT2D eigenvalue weighted by Crippen LogP contribution is -2.31. The molecular formula is C15H26N4O. The highest BCUT2D eigenvalue weighted by Gasteiger charge is 2.31. The number of hydrogen-bond acceptors (Lipinski definition) is 5. The number of aliphatic hydroxyl groups is 1. The van der Waals surface area contributed by atoms with Crippen molar-refractivity contribution in [1.29, 1.82) is 0 Å². The lowest BCUT2D eigenvalue weighted by Gasteiger charge is -2.25. The van der Waals surface area contributed by atoms with Crippen LogP contribution in [-0.2, 0) is 6.42 Å². The number of aromatic nitrogens is 2. The molecule has 0 radical (unpaired) electrons. The average Bonchev–Trinajstić information content (AvgIpc) is 3.25. The fourth-order valence-electron chi connectivity index (χ4n) is 2.46. The first-order valence-electron chi connectivity index (χ1n) is 7.70. The van der Waals surface area contributed by atoms with Crippen LogP contribution in [0.2, 0.25) is 0 Å². The van der Waals surface area contributed by atoms with E-state index in [0.29, 0.717) is 12.6 Å². The first-order valence-corrected chi connectivity index (χ1v) is 7.70. The third kappa shape index (κ3) is 3.39. The van der Waals surface area contributed by atoms with Gasteiger partial charge in [0.15, 0.2) is 0 Å². The van der Waals surface area contributed by atoms with Crippen molar-refractivity contribution in [1.82, 2.24) is 9.97 Å². The molecule has 5 nitrogen and oxygen atoms in total. The SMILES string of the molecule is CCCc1nc(NCC)c(C)c(N(CCO)C2CC2)n1. The van der Waals surface area contributed by atoms with E-state index in [-0.39, 0.29) is 6.61 Å². The van der Waals surface area contributed by atoms with Gasteiger partial charge in [-0.1, -0.05) is 6.92 Å². The van der Waals surface area contributed by atoms with Crippen LogP contribution in [0, 0.1) is 6.92 Å². The summed E-state index contributed by atoms with van der Waals surface area (Å²) in [5, 5.41) is 12.6. The molecule has 0 atom stereocenters. The maximum atomic E-state index is 9.31. The first kappa shape index (κ1) is 15.0. The Morgan fingerprint density at radius 2 is 2.05 bits per heavy atom. The molecule has 0 unspecified atom stereocenters. The summed E-state index contributed by atoms with van der Waals surface area (Å²) in [5.74, 6) is 2.83. The van der Waals surface area contributed by atoms with Crippen LogP contribution in [0.25, 0.3) is 0 Å². The van der Waals surface area contributed by atoms with Gasteiger partial charge in [0.25, 0.3) is 0 Å². The molecule has 0 saturated heterocycles. The maximum Gasteiger partial charge on any atom is 0.137 e. The largest absolute Gasteiger partial charge is 0.395 e. The maximum absolute atomic E-state index is 9.31. The van der Waals surface area contributed by atoms with Crippen LogP contribution >= 0.6 is 0 Å². The van der Waals surface area contributed by atoms with Crippen molar-refractivity contribution in [2.45, 2.75) is 52.5 Å². The van der Waals surface area contributed by atoms with Gasteiger partial charge in [-0.05, 0) is 33.1 Å². The van der Waals surface area contributed by atoms with Crippen LogP contribution in [0.3, 0.4) is 0 Å². The highest BCUT2D eigenvalue weighted by Crippen LogP contribution is 2.33. The van der Waals surface area contributed by atoms with Crippen LogP contribution in [0.15, 0.2) is 0 Å². The average molecular weight is 278 g/mol. The lowest BCUT2D eigenvalue weighted by atomic mass is 10.2. The van der Waals surface area contributed by atoms with Gasteiger partial charge in [-0.25, -0.2) is 9.97 Å². The Morgan fingerprint density at radius 1 is 1.30 bits per heavy atom. The Kier molecular flexibility index (Phi) is 5.17. The second-order valence-electron chi connectivity index (χ2n) is 5.37. The molecule has 1 fully saturated rings. The van der Waals surface area contributed by atoms with E-state index in [1.807, 2.05) is 0 Å². The highest BCUT2D eigenvalue weighted by molar-refractivity contribution is 5.59. The van der Waals surface area contributed by atoms with Gasteiger partial charge in [-0.3, -0.25) is 0 Å². The van der Waals surface area contributed by atoms with Crippen LogP contribution in [0.5, 0.6) is 0 Å². The topological polar surface area (TPSA) is 61.3 Å². The van der Waals surface area contributed by atoms with Gasteiger partial charge in [-0.15, -0.1) is 0 Å². The van der Waals surface area contributed by atoms with E-state index in [1.54, 1.807) is 0 Å². The van der Waals surface area contributed by atoms with E-state index < -0.39 is 0 Å². The number of nitrogens with one attached hydrogen (secondary N) is 1. The molecule has 0 amide bonds. The fourth-order valence-corrected chi connectivity index (χ4v) is 2.46. The molecule has 1 saturated carbocycles. The van der Waals surface area contributed by atoms with Crippen molar-refractivity contribution in [3.8, 4) is 0 Å². The molecule has 0 aromatic carbocycles. The number of hydrogen-bond donors (Lipinski definition) is 2. The third-order valence-electron chi connectivity index (χ3n) is 3.58. The van der Waals surface area contributed by atoms with E-state index >= 15 is 0 Å². The zero-order valence-corrected chi connectivity index (χ0v) is 12.8. The van der Waals surface area contributed by atoms with E-state index in [9.17, 15) is 5.11 Å². The summed E-state index contributed by atoms with van der Waals surface area (Å²) in [6.07, 6.45) is 4.33. The van der Waals surface area contributed by atoms with E-state index in [1.165, 1.54) is 12.8 Å². The summed E-state index contributed by atoms with van der Waals surface area (Å²) in [4.78, 5) is 11.6. The number of nitrogens with zero attached hydrogens (tertiary/aromatic N) is 3. The molecule has 0 bridgehead atoms. The molecule has 1 aromatic heterocycles. The molecule has 1 aliphatic carbocycles. The van der Waals surface area contributed by atoms with Gasteiger partial charge in [0.2, 0.25) is 0 Å². The Balaban J connectivity index is 2.37. The Morgan fingerprint density at radius 3 is 2.60 bits per heavy atom. The summed E-state index contributed by atoms with van der Waals surface area (Å²) in [5.41, 5.74) is 1.09. The number of anilines is 2. The summed E-state index contributed by atoms with van der Waals surface area (Å²) in [6.45, 7) is 7.95. The quantitative estimate of drug-likeness (QED) is 0.763. The fraction of sp³-hybridized carbons (Fsp3) is 0.733. The second-order valence-corrected chi connectivity index (χ2v) is 5.37. The minimum Gasteiger partial charge on any atom is -0.395 e. The highest BCUT2D eigenvalue weighted by atomic mass is 16.3. The van der Waals surface area contributed by atoms with Crippen molar-refractivity contribution < 1.29 is 5.11 Å². The monoisotopic (exact) mass is 278 g/mol. The Labute approximate surface area is 121 Å². The normalized spacial score (nSPS) is 14.4. The van der Waals surface area contributed by atoms with Crippen molar-refractivity contribution in [3.05, 3.63) is 11.4 Å². The van der Waals surface area contributed by atoms with Gasteiger partial charge in [0, 0.05) is 31.1 Å². The Bertz CT molecular complexity index is 446. The van der Waals surface area contributed by atoms with Crippen molar-refractivity contribution >= 4 is 11.6 Å². The zero-order chi connectivity index (χ0) is 14.5. The Hall–Kier alpha value is -1.36. The van der Waals surface area contributed by atoms with E-state index in [2.05, 4.69) is 36.0 Å². The van der Waals surface area contributed by atoms with E-state index in [4.69, 9.17) is 4.98 Å². The number of aliphatic hydroxyl groups excluding tert-OH is 1. The summed E-state index contributed by atoms with van der Waals surface area (Å²) in [6, 6.07) is 0.541. The summed E-state index contributed by atoms with van der Waals surface area (Å²) in [7, 11) is 0. The van der Waals surface area contributed by atoms with Crippen molar-refractivity contribution in [2.75, 3.05) is 29.9 Å². The minimum atomic E-state index is 0.166. The minimum absolute atomic E-state index is 0.166. The first-order chi connectivity index (χ1) is 9.71. The predicted octanol–water partition coefficient (Wildman–Crippen LogP) is 2.13. The van der Waals surface area contributed by atoms with Crippen molar-refractivity contribution in [3.63, 3.8) is 0 Å². The third-order valence-corrected chi connectivity index (χ3v) is 3.58. The predicted molar refractivity (Wildman–Crippen MR) is 82.4 cm³/mol. The van der Waals surface area contributed by atoms with Crippen LogP contribution < -0.4 is 10.2 Å². The molecule has 1 aliphatic rings. The molecule has 112 valence electrons. The molecule has 2 rings (SSSR count). The van der Waals surface area contributed by atoms with Crippen LogP contribution in [-0.4, -0.2) is 40.8 Å². The van der Waals surface area contributed by atoms with Gasteiger partial charge in [0.1, 0.15) is 17.5 Å². The van der Waals surface area contributed by atoms with Crippen LogP contribution in [0.4, 0.5) is 11.6 Å². The number of rotatable bonds is 8. The lowest BCUT2D eigenvalue weighted by molar-refractivity contribution is 0.301. The van der Waals surface area contributed by atoms with E-state index in [0.717, 1.165) is 42.4 Å². The molecule has 0 aliphatic heterocycles. The van der Waals surface area contributed by atoms with Crippen LogP contribution in [0.1, 0.15) is 44.5 Å². The molecule has 5 heteroatoms. The number of aryl methyl sites for hydroxylation is 1. The molecule has 20 heavy (non-hydrogen) atoms. The molecular weight excluding hydrogens is 252 g/mol. The standard InChI is InChI=1S/C15H26N4O/c1-4-6-13-17-14(16-5-2)11(3)15(18-13)19(9-10-20)12-7-8-12/h12,20H,4-10H2,1-3H3,(H,16,17,18). The summed E-state index contributed by atoms with van der Waals surface area (Å²) >= 11 is 0. The molecule has 2 N–H and O–H groups in total. The zero-order valence-electron chi connectivity index (χ0n) is 12.8.